The maximum atomic E-state index is 12.1. The molecule has 3 rings (SSSR count). The first-order chi connectivity index (χ1) is 11.3. The second-order valence-corrected chi connectivity index (χ2v) is 4.98. The lowest BCUT2D eigenvalue weighted by Crippen LogP contribution is -2.23. The van der Waals surface area contributed by atoms with Crippen molar-refractivity contribution >= 4 is 5.91 Å². The van der Waals surface area contributed by atoms with Crippen LogP contribution in [0.3, 0.4) is 0 Å². The predicted molar refractivity (Wildman–Crippen MR) is 86.4 cm³/mol. The Bertz CT molecular complexity index is 845. The summed E-state index contributed by atoms with van der Waals surface area (Å²) in [4.78, 5) is 19.5. The molecular weight excluding hydrogens is 288 g/mol. The molecular formula is C18H14N4O. The van der Waals surface area contributed by atoms with E-state index in [9.17, 15) is 4.79 Å². The minimum absolute atomic E-state index is 0.202. The van der Waals surface area contributed by atoms with Crippen molar-refractivity contribution in [2.24, 2.45) is 0 Å². The van der Waals surface area contributed by atoms with Crippen molar-refractivity contribution in [2.75, 3.05) is 0 Å². The molecule has 3 aromatic rings. The number of hydrogen-bond donors (Lipinski definition) is 2. The van der Waals surface area contributed by atoms with Crippen LogP contribution in [-0.4, -0.2) is 15.9 Å². The highest BCUT2D eigenvalue weighted by molar-refractivity contribution is 5.94. The third-order valence-electron chi connectivity index (χ3n) is 3.41. The SMILES string of the molecule is N#Cc1ccc(C(=O)NCc2ncc(-c3ccccc3)[nH]2)cc1. The van der Waals surface area contributed by atoms with Gasteiger partial charge in [-0.05, 0) is 29.8 Å². The summed E-state index contributed by atoms with van der Waals surface area (Å²) in [5, 5.41) is 11.6. The second kappa shape index (κ2) is 6.58. The van der Waals surface area contributed by atoms with E-state index in [0.29, 0.717) is 23.5 Å². The fourth-order valence-corrected chi connectivity index (χ4v) is 2.18. The van der Waals surface area contributed by atoms with Gasteiger partial charge in [-0.1, -0.05) is 30.3 Å². The number of H-pyrrole nitrogens is 1. The Morgan fingerprint density at radius 3 is 2.57 bits per heavy atom. The number of nitrogens with zero attached hydrogens (tertiary/aromatic N) is 2. The van der Waals surface area contributed by atoms with Crippen molar-refractivity contribution in [1.29, 1.82) is 5.26 Å². The topological polar surface area (TPSA) is 81.6 Å². The Morgan fingerprint density at radius 1 is 1.13 bits per heavy atom. The van der Waals surface area contributed by atoms with Gasteiger partial charge < -0.3 is 10.3 Å². The summed E-state index contributed by atoms with van der Waals surface area (Å²) in [6.45, 7) is 0.311. The van der Waals surface area contributed by atoms with Crippen LogP contribution in [0, 0.1) is 11.3 Å². The van der Waals surface area contributed by atoms with Gasteiger partial charge in [0.25, 0.3) is 5.91 Å². The maximum Gasteiger partial charge on any atom is 0.251 e. The summed E-state index contributed by atoms with van der Waals surface area (Å²) in [5.41, 5.74) is 3.00. The molecule has 0 bridgehead atoms. The quantitative estimate of drug-likeness (QED) is 0.777. The predicted octanol–water partition coefficient (Wildman–Crippen LogP) is 2.88. The molecule has 0 aliphatic carbocycles. The van der Waals surface area contributed by atoms with E-state index in [1.54, 1.807) is 30.5 Å². The number of nitriles is 1. The van der Waals surface area contributed by atoms with Crippen LogP contribution in [-0.2, 0) is 6.54 Å². The van der Waals surface area contributed by atoms with Gasteiger partial charge in [0.05, 0.1) is 30.1 Å². The summed E-state index contributed by atoms with van der Waals surface area (Å²) in [6, 6.07) is 18.4. The monoisotopic (exact) mass is 302 g/mol. The van der Waals surface area contributed by atoms with Crippen LogP contribution in [0.5, 0.6) is 0 Å². The van der Waals surface area contributed by atoms with Gasteiger partial charge in [-0.3, -0.25) is 4.79 Å². The van der Waals surface area contributed by atoms with Crippen molar-refractivity contribution in [3.05, 3.63) is 77.7 Å². The van der Waals surface area contributed by atoms with Crippen molar-refractivity contribution in [1.82, 2.24) is 15.3 Å². The zero-order chi connectivity index (χ0) is 16.1. The average molecular weight is 302 g/mol. The Labute approximate surface area is 133 Å². The van der Waals surface area contributed by atoms with E-state index in [2.05, 4.69) is 15.3 Å². The third-order valence-corrected chi connectivity index (χ3v) is 3.41. The number of imidazole rings is 1. The lowest BCUT2D eigenvalue weighted by Gasteiger charge is -2.03. The largest absolute Gasteiger partial charge is 0.345 e. The number of amides is 1. The molecule has 0 saturated heterocycles. The number of rotatable bonds is 4. The number of carbonyl (C=O) groups is 1. The Hall–Kier alpha value is -3.39. The minimum atomic E-state index is -0.202. The number of benzene rings is 2. The molecule has 0 saturated carbocycles. The van der Waals surface area contributed by atoms with Gasteiger partial charge in [0.2, 0.25) is 0 Å². The summed E-state index contributed by atoms with van der Waals surface area (Å²) in [5.74, 6) is 0.484. The van der Waals surface area contributed by atoms with Crippen molar-refractivity contribution in [2.45, 2.75) is 6.54 Å². The van der Waals surface area contributed by atoms with Crippen LogP contribution in [0.15, 0.2) is 60.8 Å². The van der Waals surface area contributed by atoms with E-state index < -0.39 is 0 Å². The normalized spacial score (nSPS) is 10.0. The smallest absolute Gasteiger partial charge is 0.251 e. The summed E-state index contributed by atoms with van der Waals surface area (Å²) in [6.07, 6.45) is 1.75. The molecule has 0 aliphatic heterocycles. The second-order valence-electron chi connectivity index (χ2n) is 4.98. The highest BCUT2D eigenvalue weighted by Gasteiger charge is 2.07. The van der Waals surface area contributed by atoms with E-state index in [1.807, 2.05) is 36.4 Å². The molecule has 1 heterocycles. The van der Waals surface area contributed by atoms with Crippen molar-refractivity contribution in [3.63, 3.8) is 0 Å². The van der Waals surface area contributed by atoms with Gasteiger partial charge >= 0.3 is 0 Å². The molecule has 1 aromatic heterocycles. The summed E-state index contributed by atoms with van der Waals surface area (Å²) < 4.78 is 0. The average Bonchev–Trinajstić information content (AvgIpc) is 3.09. The molecule has 5 nitrogen and oxygen atoms in total. The number of carbonyl (C=O) groups excluding carboxylic acids is 1. The van der Waals surface area contributed by atoms with Gasteiger partial charge in [-0.25, -0.2) is 4.98 Å². The van der Waals surface area contributed by atoms with Gasteiger partial charge in [0, 0.05) is 5.56 Å². The standard InChI is InChI=1S/C18H14N4O/c19-10-13-6-8-15(9-7-13)18(23)21-12-17-20-11-16(22-17)14-4-2-1-3-5-14/h1-9,11H,12H2,(H,20,22)(H,21,23). The molecule has 0 atom stereocenters. The maximum absolute atomic E-state index is 12.1. The molecule has 2 aromatic carbocycles. The summed E-state index contributed by atoms with van der Waals surface area (Å²) >= 11 is 0. The van der Waals surface area contributed by atoms with Gasteiger partial charge in [0.15, 0.2) is 0 Å². The van der Waals surface area contributed by atoms with E-state index in [-0.39, 0.29) is 5.91 Å². The molecule has 2 N–H and O–H groups in total. The molecule has 0 radical (unpaired) electrons. The molecule has 0 fully saturated rings. The first-order valence-electron chi connectivity index (χ1n) is 7.14. The van der Waals surface area contributed by atoms with Crippen LogP contribution < -0.4 is 5.32 Å². The Morgan fingerprint density at radius 2 is 1.87 bits per heavy atom. The van der Waals surface area contributed by atoms with Crippen molar-refractivity contribution in [3.8, 4) is 17.3 Å². The minimum Gasteiger partial charge on any atom is -0.345 e. The van der Waals surface area contributed by atoms with E-state index >= 15 is 0 Å². The molecule has 0 spiro atoms. The molecule has 23 heavy (non-hydrogen) atoms. The zero-order valence-electron chi connectivity index (χ0n) is 12.3. The lowest BCUT2D eigenvalue weighted by molar-refractivity contribution is 0.0950. The van der Waals surface area contributed by atoms with Gasteiger partial charge in [-0.15, -0.1) is 0 Å². The molecule has 5 heteroatoms. The molecule has 1 amide bonds. The van der Waals surface area contributed by atoms with Crippen LogP contribution >= 0.6 is 0 Å². The first kappa shape index (κ1) is 14.5. The Kier molecular flexibility index (Phi) is 4.16. The lowest BCUT2D eigenvalue weighted by atomic mass is 10.1. The van der Waals surface area contributed by atoms with Crippen LogP contribution in [0.25, 0.3) is 11.3 Å². The molecule has 0 unspecified atom stereocenters. The number of aromatic amines is 1. The highest BCUT2D eigenvalue weighted by atomic mass is 16.1. The number of nitrogens with one attached hydrogen (secondary N) is 2. The van der Waals surface area contributed by atoms with E-state index in [4.69, 9.17) is 5.26 Å². The van der Waals surface area contributed by atoms with Crippen LogP contribution in [0.1, 0.15) is 21.7 Å². The molecule has 0 aliphatic rings. The van der Waals surface area contributed by atoms with Gasteiger partial charge in [0.1, 0.15) is 5.82 Å². The number of hydrogen-bond acceptors (Lipinski definition) is 3. The highest BCUT2D eigenvalue weighted by Crippen LogP contribution is 2.15. The van der Waals surface area contributed by atoms with E-state index in [1.165, 1.54) is 0 Å². The third kappa shape index (κ3) is 3.44. The van der Waals surface area contributed by atoms with Crippen LogP contribution in [0.4, 0.5) is 0 Å². The van der Waals surface area contributed by atoms with Gasteiger partial charge in [-0.2, -0.15) is 5.26 Å². The Balaban J connectivity index is 1.63. The summed E-state index contributed by atoms with van der Waals surface area (Å²) in [7, 11) is 0. The first-order valence-corrected chi connectivity index (χ1v) is 7.14. The van der Waals surface area contributed by atoms with Crippen LogP contribution in [0.2, 0.25) is 0 Å². The zero-order valence-corrected chi connectivity index (χ0v) is 12.3. The molecule has 112 valence electrons. The fraction of sp³-hybridized carbons (Fsp3) is 0.0556. The van der Waals surface area contributed by atoms with E-state index in [0.717, 1.165) is 11.3 Å². The van der Waals surface area contributed by atoms with Crippen molar-refractivity contribution < 1.29 is 4.79 Å². The fourth-order valence-electron chi connectivity index (χ4n) is 2.18. The number of aromatic nitrogens is 2.